The fraction of sp³-hybridized carbons (Fsp3) is 0.737. The Morgan fingerprint density at radius 1 is 1.00 bits per heavy atom. The molecule has 136 valence electrons. The standard InChI is InChI=1S/C19H30N6/c1-13-17-18(23(4)22-13)20-15(3)21-19(17)25-11-7-16(8-12-25)14(2)24-9-5-6-10-24/h14,16H,5-12H2,1-4H3. The molecule has 2 aliphatic rings. The second kappa shape index (κ2) is 6.56. The summed E-state index contributed by atoms with van der Waals surface area (Å²) in [5.74, 6) is 2.72. The molecular formula is C19H30N6. The van der Waals surface area contributed by atoms with Crippen LogP contribution in [-0.4, -0.2) is 56.9 Å². The molecule has 0 aromatic carbocycles. The highest BCUT2D eigenvalue weighted by atomic mass is 15.3. The molecule has 1 atom stereocenters. The van der Waals surface area contributed by atoms with Gasteiger partial charge >= 0.3 is 0 Å². The number of fused-ring (bicyclic) bond motifs is 1. The SMILES string of the molecule is Cc1nc(N2CCC(C(C)N3CCCC3)CC2)c2c(C)nn(C)c2n1. The van der Waals surface area contributed by atoms with Gasteiger partial charge in [0, 0.05) is 26.2 Å². The molecule has 2 aromatic heterocycles. The number of piperidine rings is 1. The lowest BCUT2D eigenvalue weighted by Gasteiger charge is -2.39. The number of likely N-dealkylation sites (tertiary alicyclic amines) is 1. The first-order valence-electron chi connectivity index (χ1n) is 9.71. The minimum atomic E-state index is 0.719. The van der Waals surface area contributed by atoms with Crippen molar-refractivity contribution in [1.29, 1.82) is 0 Å². The largest absolute Gasteiger partial charge is 0.356 e. The lowest BCUT2D eigenvalue weighted by Crippen LogP contribution is -2.43. The molecule has 4 heterocycles. The summed E-state index contributed by atoms with van der Waals surface area (Å²) in [6.07, 6.45) is 5.26. The van der Waals surface area contributed by atoms with Gasteiger partial charge in [-0.1, -0.05) is 0 Å². The van der Waals surface area contributed by atoms with Crippen molar-refractivity contribution in [2.45, 2.75) is 52.5 Å². The Morgan fingerprint density at radius 2 is 1.68 bits per heavy atom. The smallest absolute Gasteiger partial charge is 0.163 e. The van der Waals surface area contributed by atoms with E-state index in [1.165, 1.54) is 38.8 Å². The van der Waals surface area contributed by atoms with E-state index in [0.717, 1.165) is 53.4 Å². The Labute approximate surface area is 150 Å². The van der Waals surface area contributed by atoms with Gasteiger partial charge in [-0.2, -0.15) is 5.10 Å². The van der Waals surface area contributed by atoms with Crippen molar-refractivity contribution in [2.75, 3.05) is 31.1 Å². The molecule has 2 aliphatic heterocycles. The van der Waals surface area contributed by atoms with E-state index in [-0.39, 0.29) is 0 Å². The minimum absolute atomic E-state index is 0.719. The predicted molar refractivity (Wildman–Crippen MR) is 101 cm³/mol. The molecule has 0 bridgehead atoms. The van der Waals surface area contributed by atoms with Gasteiger partial charge in [-0.3, -0.25) is 4.68 Å². The van der Waals surface area contributed by atoms with Crippen molar-refractivity contribution in [2.24, 2.45) is 13.0 Å². The Morgan fingerprint density at radius 3 is 2.36 bits per heavy atom. The van der Waals surface area contributed by atoms with Crippen LogP contribution in [0.5, 0.6) is 0 Å². The van der Waals surface area contributed by atoms with Crippen LogP contribution in [0.25, 0.3) is 11.0 Å². The zero-order valence-electron chi connectivity index (χ0n) is 16.0. The lowest BCUT2D eigenvalue weighted by atomic mass is 9.89. The molecule has 2 saturated heterocycles. The molecule has 25 heavy (non-hydrogen) atoms. The average molecular weight is 342 g/mol. The van der Waals surface area contributed by atoms with E-state index in [0.29, 0.717) is 0 Å². The van der Waals surface area contributed by atoms with E-state index in [1.54, 1.807) is 0 Å². The zero-order chi connectivity index (χ0) is 17.6. The first-order chi connectivity index (χ1) is 12.0. The van der Waals surface area contributed by atoms with E-state index in [2.05, 4.69) is 33.7 Å². The molecule has 0 saturated carbocycles. The number of aromatic nitrogens is 4. The molecule has 1 unspecified atom stereocenters. The van der Waals surface area contributed by atoms with Crippen molar-refractivity contribution < 1.29 is 0 Å². The predicted octanol–water partition coefficient (Wildman–Crippen LogP) is 2.68. The van der Waals surface area contributed by atoms with Gasteiger partial charge in [0.25, 0.3) is 0 Å². The Kier molecular flexibility index (Phi) is 4.40. The highest BCUT2D eigenvalue weighted by molar-refractivity contribution is 5.89. The highest BCUT2D eigenvalue weighted by Gasteiger charge is 2.30. The van der Waals surface area contributed by atoms with Gasteiger partial charge in [0.2, 0.25) is 0 Å². The van der Waals surface area contributed by atoms with Gasteiger partial charge in [0.15, 0.2) is 5.65 Å². The molecule has 0 aliphatic carbocycles. The maximum absolute atomic E-state index is 4.80. The molecule has 6 heteroatoms. The molecular weight excluding hydrogens is 312 g/mol. The van der Waals surface area contributed by atoms with Gasteiger partial charge in [0.1, 0.15) is 11.6 Å². The Balaban J connectivity index is 1.54. The van der Waals surface area contributed by atoms with Gasteiger partial charge in [-0.05, 0) is 65.5 Å². The second-order valence-electron chi connectivity index (χ2n) is 7.81. The Hall–Kier alpha value is -1.69. The number of anilines is 1. The van der Waals surface area contributed by atoms with Crippen molar-refractivity contribution in [3.05, 3.63) is 11.5 Å². The first-order valence-corrected chi connectivity index (χ1v) is 9.71. The van der Waals surface area contributed by atoms with Crippen LogP contribution < -0.4 is 4.90 Å². The third kappa shape index (κ3) is 3.01. The maximum atomic E-state index is 4.80. The van der Waals surface area contributed by atoms with Crippen molar-refractivity contribution in [3.8, 4) is 0 Å². The van der Waals surface area contributed by atoms with E-state index < -0.39 is 0 Å². The average Bonchev–Trinajstić information content (AvgIpc) is 3.23. The molecule has 4 rings (SSSR count). The third-order valence-corrected chi connectivity index (χ3v) is 6.19. The van der Waals surface area contributed by atoms with E-state index in [4.69, 9.17) is 4.98 Å². The number of nitrogens with zero attached hydrogens (tertiary/aromatic N) is 6. The molecule has 2 aromatic rings. The van der Waals surface area contributed by atoms with Gasteiger partial charge in [0.05, 0.1) is 11.1 Å². The van der Waals surface area contributed by atoms with Crippen LogP contribution in [-0.2, 0) is 7.05 Å². The van der Waals surface area contributed by atoms with E-state index >= 15 is 0 Å². The summed E-state index contributed by atoms with van der Waals surface area (Å²) in [7, 11) is 1.97. The van der Waals surface area contributed by atoms with Crippen LogP contribution in [0.4, 0.5) is 5.82 Å². The van der Waals surface area contributed by atoms with Crippen molar-refractivity contribution in [1.82, 2.24) is 24.6 Å². The van der Waals surface area contributed by atoms with Crippen LogP contribution in [0, 0.1) is 19.8 Å². The van der Waals surface area contributed by atoms with Crippen molar-refractivity contribution in [3.63, 3.8) is 0 Å². The van der Waals surface area contributed by atoms with Gasteiger partial charge in [-0.25, -0.2) is 9.97 Å². The van der Waals surface area contributed by atoms with Crippen LogP contribution in [0.1, 0.15) is 44.1 Å². The normalized spacial score (nSPS) is 21.4. The zero-order valence-corrected chi connectivity index (χ0v) is 16.0. The molecule has 2 fully saturated rings. The molecule has 0 spiro atoms. The van der Waals surface area contributed by atoms with Gasteiger partial charge in [-0.15, -0.1) is 0 Å². The minimum Gasteiger partial charge on any atom is -0.356 e. The van der Waals surface area contributed by atoms with Crippen LogP contribution in [0.3, 0.4) is 0 Å². The highest BCUT2D eigenvalue weighted by Crippen LogP contribution is 2.32. The first kappa shape index (κ1) is 16.8. The summed E-state index contributed by atoms with van der Waals surface area (Å²) in [6.45, 7) is 11.2. The summed E-state index contributed by atoms with van der Waals surface area (Å²) in [5.41, 5.74) is 1.98. The summed E-state index contributed by atoms with van der Waals surface area (Å²) in [6, 6.07) is 0.719. The quantitative estimate of drug-likeness (QED) is 0.858. The fourth-order valence-electron chi connectivity index (χ4n) is 4.69. The van der Waals surface area contributed by atoms with E-state index in [9.17, 15) is 0 Å². The summed E-state index contributed by atoms with van der Waals surface area (Å²) in [5, 5.41) is 5.69. The monoisotopic (exact) mass is 342 g/mol. The topological polar surface area (TPSA) is 50.1 Å². The lowest BCUT2D eigenvalue weighted by molar-refractivity contribution is 0.167. The summed E-state index contributed by atoms with van der Waals surface area (Å²) >= 11 is 0. The second-order valence-corrected chi connectivity index (χ2v) is 7.81. The molecule has 0 radical (unpaired) electrons. The number of hydrogen-bond donors (Lipinski definition) is 0. The number of aryl methyl sites for hydroxylation is 3. The van der Waals surface area contributed by atoms with Gasteiger partial charge < -0.3 is 9.80 Å². The number of rotatable bonds is 3. The molecule has 0 amide bonds. The molecule has 6 nitrogen and oxygen atoms in total. The Bertz CT molecular complexity index is 753. The number of hydrogen-bond acceptors (Lipinski definition) is 5. The molecule has 0 N–H and O–H groups in total. The summed E-state index contributed by atoms with van der Waals surface area (Å²) in [4.78, 5) is 14.6. The maximum Gasteiger partial charge on any atom is 0.163 e. The van der Waals surface area contributed by atoms with Crippen LogP contribution >= 0.6 is 0 Å². The third-order valence-electron chi connectivity index (χ3n) is 6.19. The van der Waals surface area contributed by atoms with Crippen LogP contribution in [0.2, 0.25) is 0 Å². The summed E-state index contributed by atoms with van der Waals surface area (Å²) < 4.78 is 1.88. The van der Waals surface area contributed by atoms with Crippen molar-refractivity contribution >= 4 is 16.9 Å². The van der Waals surface area contributed by atoms with E-state index in [1.807, 2.05) is 18.7 Å². The van der Waals surface area contributed by atoms with Crippen LogP contribution in [0.15, 0.2) is 0 Å². The fourth-order valence-corrected chi connectivity index (χ4v) is 4.69.